The molecule has 3 nitrogen and oxygen atoms in total. The molecule has 7 aromatic rings. The second kappa shape index (κ2) is 11.5. The summed E-state index contributed by atoms with van der Waals surface area (Å²) in [6.45, 7) is 7.07. The number of fused-ring (bicyclic) bond motifs is 3. The van der Waals surface area contributed by atoms with Gasteiger partial charge in [0, 0.05) is 18.6 Å². The average molecular weight is 631 g/mol. The number of aromatic hydroxyl groups is 1. The summed E-state index contributed by atoms with van der Waals surface area (Å²) in [6, 6.07) is 39.5. The van der Waals surface area contributed by atoms with E-state index < -0.39 is 0 Å². The van der Waals surface area contributed by atoms with Gasteiger partial charge in [0.1, 0.15) is 5.75 Å². The van der Waals surface area contributed by atoms with Crippen molar-refractivity contribution in [1.82, 2.24) is 0 Å². The van der Waals surface area contributed by atoms with Crippen LogP contribution in [0.3, 0.4) is 0 Å². The van der Waals surface area contributed by atoms with E-state index in [-0.39, 0.29) is 29.8 Å². The molecule has 0 fully saturated rings. The molecule has 3 heteroatoms. The third-order valence-corrected chi connectivity index (χ3v) is 10.9. The zero-order chi connectivity index (χ0) is 33.2. The van der Waals surface area contributed by atoms with Crippen LogP contribution >= 0.6 is 0 Å². The number of phenols is 1. The predicted octanol–water partition coefficient (Wildman–Crippen LogP) is 10.7. The van der Waals surface area contributed by atoms with Crippen molar-refractivity contribution in [2.45, 2.75) is 57.3 Å². The highest BCUT2D eigenvalue weighted by Crippen LogP contribution is 2.55. The van der Waals surface area contributed by atoms with Crippen molar-refractivity contribution in [2.24, 2.45) is 0 Å². The molecule has 0 aromatic heterocycles. The van der Waals surface area contributed by atoms with Crippen molar-refractivity contribution < 1.29 is 15.3 Å². The van der Waals surface area contributed by atoms with Gasteiger partial charge in [0.15, 0.2) is 0 Å². The SMILES string of the molecule is CC(C)(C)c1cc2ccc3ccc(-c4ccc5c(c4)C(CCCO)(CCCO)c4cc(-c6ccc(O)cc6)ccc4-5)c4ccc(c1)c2c34. The maximum atomic E-state index is 10.1. The second-order valence-corrected chi connectivity index (χ2v) is 14.7. The number of aliphatic hydroxyl groups excluding tert-OH is 2. The van der Waals surface area contributed by atoms with E-state index >= 15 is 0 Å². The van der Waals surface area contributed by atoms with Gasteiger partial charge >= 0.3 is 0 Å². The fourth-order valence-corrected chi connectivity index (χ4v) is 8.43. The molecule has 0 heterocycles. The predicted molar refractivity (Wildman–Crippen MR) is 200 cm³/mol. The highest BCUT2D eigenvalue weighted by molar-refractivity contribution is 6.25. The first-order valence-corrected chi connectivity index (χ1v) is 17.2. The fraction of sp³-hybridized carbons (Fsp3) is 0.244. The van der Waals surface area contributed by atoms with Crippen LogP contribution in [0.4, 0.5) is 0 Å². The van der Waals surface area contributed by atoms with Gasteiger partial charge in [-0.05, 0) is 138 Å². The van der Waals surface area contributed by atoms with Crippen LogP contribution in [-0.4, -0.2) is 28.5 Å². The first kappa shape index (κ1) is 30.6. The molecule has 0 amide bonds. The molecule has 0 saturated heterocycles. The lowest BCUT2D eigenvalue weighted by molar-refractivity contribution is 0.247. The molecule has 1 aliphatic rings. The van der Waals surface area contributed by atoms with Crippen LogP contribution in [0.1, 0.15) is 63.1 Å². The van der Waals surface area contributed by atoms with E-state index in [0.29, 0.717) is 12.8 Å². The Balaban J connectivity index is 1.33. The van der Waals surface area contributed by atoms with E-state index in [0.717, 1.165) is 24.0 Å². The second-order valence-electron chi connectivity index (χ2n) is 14.7. The molecule has 0 radical (unpaired) electrons. The van der Waals surface area contributed by atoms with E-state index in [1.165, 1.54) is 71.3 Å². The van der Waals surface area contributed by atoms with E-state index in [9.17, 15) is 15.3 Å². The number of phenolic OH excluding ortho intramolecular Hbond substituents is 1. The molecule has 7 aromatic carbocycles. The van der Waals surface area contributed by atoms with E-state index in [4.69, 9.17) is 0 Å². The van der Waals surface area contributed by atoms with Gasteiger partial charge in [-0.1, -0.05) is 106 Å². The summed E-state index contributed by atoms with van der Waals surface area (Å²) in [5, 5.41) is 37.8. The van der Waals surface area contributed by atoms with Gasteiger partial charge in [-0.15, -0.1) is 0 Å². The van der Waals surface area contributed by atoms with E-state index in [1.807, 2.05) is 12.1 Å². The highest BCUT2D eigenvalue weighted by Gasteiger charge is 2.42. The minimum atomic E-state index is -0.341. The quantitative estimate of drug-likeness (QED) is 0.146. The van der Waals surface area contributed by atoms with Crippen molar-refractivity contribution in [1.29, 1.82) is 0 Å². The van der Waals surface area contributed by atoms with Gasteiger partial charge in [-0.3, -0.25) is 0 Å². The Bertz CT molecular complexity index is 2280. The fourth-order valence-electron chi connectivity index (χ4n) is 8.43. The topological polar surface area (TPSA) is 60.7 Å². The molecule has 0 aliphatic heterocycles. The Hall–Kier alpha value is -4.70. The molecule has 0 bridgehead atoms. The van der Waals surface area contributed by atoms with Crippen LogP contribution in [0.25, 0.3) is 65.7 Å². The molecule has 0 unspecified atom stereocenters. The van der Waals surface area contributed by atoms with Gasteiger partial charge in [0.05, 0.1) is 0 Å². The summed E-state index contributed by atoms with van der Waals surface area (Å²) in [7, 11) is 0. The Morgan fingerprint density at radius 1 is 0.521 bits per heavy atom. The monoisotopic (exact) mass is 630 g/mol. The highest BCUT2D eigenvalue weighted by atomic mass is 16.3. The molecular formula is C45H42O3. The van der Waals surface area contributed by atoms with Crippen molar-refractivity contribution in [2.75, 3.05) is 13.2 Å². The summed E-state index contributed by atoms with van der Waals surface area (Å²) in [5.74, 6) is 0.251. The smallest absolute Gasteiger partial charge is 0.115 e. The van der Waals surface area contributed by atoms with Crippen molar-refractivity contribution in [3.05, 3.63) is 126 Å². The third kappa shape index (κ3) is 4.79. The Morgan fingerprint density at radius 3 is 1.67 bits per heavy atom. The standard InChI is InChI=1S/C45H42O3/c1-44(2,3)34-24-32-7-6-29-10-16-36(39-19-13-33(25-34)42(32)43(29)39)31-12-18-38-37-17-11-30(28-8-14-35(48)15-9-28)26-40(37)45(20-4-22-46,21-5-23-47)41(38)27-31/h6-19,24-27,46-48H,4-5,20-23H2,1-3H3. The molecule has 0 spiro atoms. The van der Waals surface area contributed by atoms with E-state index in [2.05, 4.69) is 106 Å². The average Bonchev–Trinajstić information content (AvgIpc) is 3.36. The van der Waals surface area contributed by atoms with Gasteiger partial charge in [-0.25, -0.2) is 0 Å². The first-order valence-electron chi connectivity index (χ1n) is 17.2. The van der Waals surface area contributed by atoms with Crippen LogP contribution in [-0.2, 0) is 10.8 Å². The number of hydrogen-bond donors (Lipinski definition) is 3. The number of benzene rings is 7. The van der Waals surface area contributed by atoms with Gasteiger partial charge in [0.25, 0.3) is 0 Å². The van der Waals surface area contributed by atoms with Crippen LogP contribution < -0.4 is 0 Å². The summed E-state index contributed by atoms with van der Waals surface area (Å²) in [5.41, 5.74) is 10.6. The largest absolute Gasteiger partial charge is 0.508 e. The van der Waals surface area contributed by atoms with Crippen LogP contribution in [0.15, 0.2) is 109 Å². The van der Waals surface area contributed by atoms with Crippen LogP contribution in [0, 0.1) is 0 Å². The molecule has 240 valence electrons. The molecule has 0 atom stereocenters. The van der Waals surface area contributed by atoms with Gasteiger partial charge in [-0.2, -0.15) is 0 Å². The van der Waals surface area contributed by atoms with E-state index in [1.54, 1.807) is 12.1 Å². The Labute approximate surface area is 282 Å². The summed E-state index contributed by atoms with van der Waals surface area (Å²) < 4.78 is 0. The zero-order valence-corrected chi connectivity index (χ0v) is 28.0. The van der Waals surface area contributed by atoms with Gasteiger partial charge in [0.2, 0.25) is 0 Å². The zero-order valence-electron chi connectivity index (χ0n) is 28.0. The van der Waals surface area contributed by atoms with Crippen molar-refractivity contribution in [3.63, 3.8) is 0 Å². The Morgan fingerprint density at radius 2 is 1.04 bits per heavy atom. The normalized spacial score (nSPS) is 13.9. The Kier molecular flexibility index (Phi) is 7.32. The third-order valence-electron chi connectivity index (χ3n) is 10.9. The summed E-state index contributed by atoms with van der Waals surface area (Å²) >= 11 is 0. The maximum Gasteiger partial charge on any atom is 0.115 e. The summed E-state index contributed by atoms with van der Waals surface area (Å²) in [4.78, 5) is 0. The lowest BCUT2D eigenvalue weighted by Crippen LogP contribution is -2.26. The minimum absolute atomic E-state index is 0.0704. The number of aliphatic hydroxyl groups is 2. The lowest BCUT2D eigenvalue weighted by Gasteiger charge is -2.33. The molecule has 0 saturated carbocycles. The maximum absolute atomic E-state index is 10.1. The lowest BCUT2D eigenvalue weighted by atomic mass is 9.70. The molecular weight excluding hydrogens is 588 g/mol. The molecule has 1 aliphatic carbocycles. The number of hydrogen-bond acceptors (Lipinski definition) is 3. The summed E-state index contributed by atoms with van der Waals surface area (Å²) in [6.07, 6.45) is 2.93. The van der Waals surface area contributed by atoms with Crippen LogP contribution in [0.5, 0.6) is 5.75 Å². The molecule has 3 N–H and O–H groups in total. The van der Waals surface area contributed by atoms with Crippen molar-refractivity contribution in [3.8, 4) is 39.1 Å². The number of rotatable bonds is 8. The van der Waals surface area contributed by atoms with Gasteiger partial charge < -0.3 is 15.3 Å². The molecule has 8 rings (SSSR count). The minimum Gasteiger partial charge on any atom is -0.508 e. The molecule has 48 heavy (non-hydrogen) atoms. The van der Waals surface area contributed by atoms with Crippen LogP contribution in [0.2, 0.25) is 0 Å². The first-order chi connectivity index (χ1) is 23.2. The van der Waals surface area contributed by atoms with Crippen molar-refractivity contribution >= 4 is 32.3 Å².